The van der Waals surface area contributed by atoms with E-state index in [4.69, 9.17) is 0 Å². The SMILES string of the molecule is CCc1ccc(C(O)c2cc(Br)ccc2SCCS)cc1. The van der Waals surface area contributed by atoms with Gasteiger partial charge in [-0.05, 0) is 47.1 Å². The van der Waals surface area contributed by atoms with E-state index in [0.29, 0.717) is 0 Å². The number of aliphatic hydroxyl groups excluding tert-OH is 1. The van der Waals surface area contributed by atoms with E-state index < -0.39 is 6.10 Å². The molecule has 2 rings (SSSR count). The average Bonchev–Trinajstić information content (AvgIpc) is 2.53. The molecule has 0 aromatic heterocycles. The van der Waals surface area contributed by atoms with Gasteiger partial charge >= 0.3 is 0 Å². The lowest BCUT2D eigenvalue weighted by atomic mass is 10.00. The second-order valence-electron chi connectivity index (χ2n) is 4.75. The molecule has 1 unspecified atom stereocenters. The number of aliphatic hydroxyl groups is 1. The smallest absolute Gasteiger partial charge is 0.105 e. The quantitative estimate of drug-likeness (QED) is 0.534. The van der Waals surface area contributed by atoms with Gasteiger partial charge in [0, 0.05) is 15.1 Å². The Labute approximate surface area is 144 Å². The highest BCUT2D eigenvalue weighted by Crippen LogP contribution is 2.33. The van der Waals surface area contributed by atoms with Crippen molar-refractivity contribution >= 4 is 40.3 Å². The third-order valence-electron chi connectivity index (χ3n) is 3.32. The number of aryl methyl sites for hydroxylation is 1. The Kier molecular flexibility index (Phi) is 6.68. The van der Waals surface area contributed by atoms with Crippen LogP contribution in [0.1, 0.15) is 29.7 Å². The first-order valence-electron chi connectivity index (χ1n) is 6.95. The van der Waals surface area contributed by atoms with Crippen LogP contribution in [-0.4, -0.2) is 16.6 Å². The standard InChI is InChI=1S/C17H19BrOS2/c1-2-12-3-5-13(6-4-12)17(19)15-11-14(18)7-8-16(15)21-10-9-20/h3-8,11,17,19-20H,2,9-10H2,1H3. The molecule has 0 bridgehead atoms. The van der Waals surface area contributed by atoms with Crippen LogP contribution in [-0.2, 0) is 6.42 Å². The van der Waals surface area contributed by atoms with Gasteiger partial charge in [-0.25, -0.2) is 0 Å². The van der Waals surface area contributed by atoms with Crippen molar-refractivity contribution in [3.05, 3.63) is 63.6 Å². The molecule has 0 aliphatic rings. The van der Waals surface area contributed by atoms with Crippen molar-refractivity contribution < 1.29 is 5.11 Å². The molecule has 0 fully saturated rings. The Morgan fingerprint density at radius 3 is 2.52 bits per heavy atom. The molecule has 21 heavy (non-hydrogen) atoms. The molecule has 2 aromatic carbocycles. The second-order valence-corrected chi connectivity index (χ2v) is 7.25. The summed E-state index contributed by atoms with van der Waals surface area (Å²) in [5.74, 6) is 1.75. The van der Waals surface area contributed by atoms with Crippen LogP contribution in [0.4, 0.5) is 0 Å². The summed E-state index contributed by atoms with van der Waals surface area (Å²) in [6.45, 7) is 2.13. The van der Waals surface area contributed by atoms with Crippen molar-refractivity contribution in [3.8, 4) is 0 Å². The third-order valence-corrected chi connectivity index (χ3v) is 5.43. The number of benzene rings is 2. The average molecular weight is 383 g/mol. The molecular weight excluding hydrogens is 364 g/mol. The Morgan fingerprint density at radius 1 is 1.19 bits per heavy atom. The van der Waals surface area contributed by atoms with Gasteiger partial charge in [0.1, 0.15) is 6.10 Å². The maximum absolute atomic E-state index is 10.7. The number of hydrogen-bond acceptors (Lipinski definition) is 3. The number of thiol groups is 1. The highest BCUT2D eigenvalue weighted by Gasteiger charge is 2.15. The summed E-state index contributed by atoms with van der Waals surface area (Å²) in [7, 11) is 0. The van der Waals surface area contributed by atoms with E-state index in [-0.39, 0.29) is 0 Å². The van der Waals surface area contributed by atoms with Crippen molar-refractivity contribution in [3.63, 3.8) is 0 Å². The predicted octanol–water partition coefficient (Wildman–Crippen LogP) is 5.12. The molecule has 0 aliphatic carbocycles. The highest BCUT2D eigenvalue weighted by molar-refractivity contribution is 9.10. The van der Waals surface area contributed by atoms with E-state index >= 15 is 0 Å². The first-order chi connectivity index (χ1) is 10.2. The van der Waals surface area contributed by atoms with Gasteiger partial charge in [0.25, 0.3) is 0 Å². The second kappa shape index (κ2) is 8.28. The summed E-state index contributed by atoms with van der Waals surface area (Å²) < 4.78 is 0.983. The summed E-state index contributed by atoms with van der Waals surface area (Å²) in [5.41, 5.74) is 3.16. The lowest BCUT2D eigenvalue weighted by Gasteiger charge is -2.16. The van der Waals surface area contributed by atoms with Gasteiger partial charge in [0.2, 0.25) is 0 Å². The van der Waals surface area contributed by atoms with Gasteiger partial charge < -0.3 is 5.11 Å². The van der Waals surface area contributed by atoms with Gasteiger partial charge in [0.15, 0.2) is 0 Å². The Hall–Kier alpha value is -0.420. The number of thioether (sulfide) groups is 1. The van der Waals surface area contributed by atoms with Crippen LogP contribution in [0.15, 0.2) is 51.8 Å². The predicted molar refractivity (Wildman–Crippen MR) is 98.6 cm³/mol. The first-order valence-corrected chi connectivity index (χ1v) is 9.36. The molecular formula is C17H19BrOS2. The summed E-state index contributed by atoms with van der Waals surface area (Å²) in [6.07, 6.45) is 0.409. The summed E-state index contributed by atoms with van der Waals surface area (Å²) in [4.78, 5) is 1.11. The molecule has 0 spiro atoms. The van der Waals surface area contributed by atoms with Gasteiger partial charge in [-0.15, -0.1) is 11.8 Å². The molecule has 0 amide bonds. The molecule has 112 valence electrons. The third kappa shape index (κ3) is 4.52. The first kappa shape index (κ1) is 16.9. The largest absolute Gasteiger partial charge is 0.384 e. The fourth-order valence-electron chi connectivity index (χ4n) is 2.14. The molecule has 0 heterocycles. The van der Waals surface area contributed by atoms with Gasteiger partial charge in [-0.3, -0.25) is 0 Å². The van der Waals surface area contributed by atoms with E-state index in [0.717, 1.165) is 38.4 Å². The molecule has 0 saturated heterocycles. The molecule has 2 aromatic rings. The van der Waals surface area contributed by atoms with E-state index in [1.54, 1.807) is 11.8 Å². The number of rotatable bonds is 6. The lowest BCUT2D eigenvalue weighted by Crippen LogP contribution is -2.02. The molecule has 0 aliphatic heterocycles. The van der Waals surface area contributed by atoms with Crippen molar-refractivity contribution in [2.75, 3.05) is 11.5 Å². The zero-order valence-corrected chi connectivity index (χ0v) is 15.2. The van der Waals surface area contributed by atoms with E-state index in [1.165, 1.54) is 5.56 Å². The highest BCUT2D eigenvalue weighted by atomic mass is 79.9. The maximum atomic E-state index is 10.7. The Morgan fingerprint density at radius 2 is 1.90 bits per heavy atom. The Balaban J connectivity index is 2.31. The molecule has 1 atom stereocenters. The van der Waals surface area contributed by atoms with E-state index in [9.17, 15) is 5.11 Å². The van der Waals surface area contributed by atoms with Crippen LogP contribution in [0.2, 0.25) is 0 Å². The van der Waals surface area contributed by atoms with Crippen LogP contribution in [0.3, 0.4) is 0 Å². The fourth-order valence-corrected chi connectivity index (χ4v) is 3.60. The van der Waals surface area contributed by atoms with Crippen molar-refractivity contribution in [1.82, 2.24) is 0 Å². The minimum absolute atomic E-state index is 0.601. The van der Waals surface area contributed by atoms with Crippen LogP contribution >= 0.6 is 40.3 Å². The molecule has 4 heteroatoms. The van der Waals surface area contributed by atoms with Crippen LogP contribution in [0.5, 0.6) is 0 Å². The normalized spacial score (nSPS) is 12.4. The van der Waals surface area contributed by atoms with E-state index in [2.05, 4.69) is 53.7 Å². The van der Waals surface area contributed by atoms with Crippen molar-refractivity contribution in [2.45, 2.75) is 24.3 Å². The minimum Gasteiger partial charge on any atom is -0.384 e. The lowest BCUT2D eigenvalue weighted by molar-refractivity contribution is 0.217. The van der Waals surface area contributed by atoms with E-state index in [1.807, 2.05) is 24.3 Å². The van der Waals surface area contributed by atoms with Gasteiger partial charge in [-0.2, -0.15) is 12.6 Å². The van der Waals surface area contributed by atoms with Gasteiger partial charge in [0.05, 0.1) is 0 Å². The fraction of sp³-hybridized carbons (Fsp3) is 0.294. The minimum atomic E-state index is -0.601. The van der Waals surface area contributed by atoms with Gasteiger partial charge in [-0.1, -0.05) is 47.1 Å². The van der Waals surface area contributed by atoms with Crippen LogP contribution < -0.4 is 0 Å². The maximum Gasteiger partial charge on any atom is 0.105 e. The molecule has 1 nitrogen and oxygen atoms in total. The Bertz CT molecular complexity index is 584. The summed E-state index contributed by atoms with van der Waals surface area (Å²) in [6, 6.07) is 14.2. The topological polar surface area (TPSA) is 20.2 Å². The van der Waals surface area contributed by atoms with Crippen LogP contribution in [0, 0.1) is 0 Å². The summed E-state index contributed by atoms with van der Waals surface area (Å²) >= 11 is 9.48. The zero-order chi connectivity index (χ0) is 15.2. The number of halogens is 1. The van der Waals surface area contributed by atoms with Crippen molar-refractivity contribution in [2.24, 2.45) is 0 Å². The van der Waals surface area contributed by atoms with Crippen LogP contribution in [0.25, 0.3) is 0 Å². The summed E-state index contributed by atoms with van der Waals surface area (Å²) in [5, 5.41) is 10.7. The molecule has 0 radical (unpaired) electrons. The van der Waals surface area contributed by atoms with Crippen molar-refractivity contribution in [1.29, 1.82) is 0 Å². The number of hydrogen-bond donors (Lipinski definition) is 2. The molecule has 0 saturated carbocycles. The zero-order valence-electron chi connectivity index (χ0n) is 11.9. The monoisotopic (exact) mass is 382 g/mol. The molecule has 1 N–H and O–H groups in total.